The van der Waals surface area contributed by atoms with Crippen LogP contribution in [0.2, 0.25) is 0 Å². The molecule has 1 heterocycles. The maximum Gasteiger partial charge on any atom is 0.0715 e. The van der Waals surface area contributed by atoms with Crippen LogP contribution in [0.4, 0.5) is 0 Å². The van der Waals surface area contributed by atoms with Gasteiger partial charge in [-0.3, -0.25) is 0 Å². The number of nitrogens with one attached hydrogen (secondary N) is 1. The topological polar surface area (TPSA) is 32.3 Å². The van der Waals surface area contributed by atoms with Gasteiger partial charge in [-0.05, 0) is 49.2 Å². The van der Waals surface area contributed by atoms with Gasteiger partial charge in [0.15, 0.2) is 0 Å². The molecule has 0 aliphatic carbocycles. The van der Waals surface area contributed by atoms with Crippen LogP contribution in [0.1, 0.15) is 19.4 Å². The summed E-state index contributed by atoms with van der Waals surface area (Å²) < 4.78 is 0. The summed E-state index contributed by atoms with van der Waals surface area (Å²) in [7, 11) is 0. The van der Waals surface area contributed by atoms with Crippen LogP contribution in [0.15, 0.2) is 16.8 Å². The summed E-state index contributed by atoms with van der Waals surface area (Å²) in [4.78, 5) is 0. The molecule has 0 saturated carbocycles. The van der Waals surface area contributed by atoms with Crippen molar-refractivity contribution in [2.24, 2.45) is 0 Å². The molecule has 2 N–H and O–H groups in total. The summed E-state index contributed by atoms with van der Waals surface area (Å²) in [5.41, 5.74) is 0.766. The highest BCUT2D eigenvalue weighted by Crippen LogP contribution is 2.05. The second-order valence-electron chi connectivity index (χ2n) is 3.87. The smallest absolute Gasteiger partial charge is 0.0715 e. The van der Waals surface area contributed by atoms with Crippen molar-refractivity contribution in [1.29, 1.82) is 0 Å². The highest BCUT2D eigenvalue weighted by Gasteiger charge is 2.10. The minimum Gasteiger partial charge on any atom is -0.389 e. The molecule has 13 heavy (non-hydrogen) atoms. The molecular formula is C10H17NOS. The Balaban J connectivity index is 2.09. The van der Waals surface area contributed by atoms with E-state index in [9.17, 15) is 5.11 Å². The first-order chi connectivity index (χ1) is 6.08. The van der Waals surface area contributed by atoms with Gasteiger partial charge in [0.1, 0.15) is 0 Å². The predicted molar refractivity (Wildman–Crippen MR) is 57.2 cm³/mol. The molecule has 74 valence electrons. The fraction of sp³-hybridized carbons (Fsp3) is 0.600. The fourth-order valence-corrected chi connectivity index (χ4v) is 1.77. The van der Waals surface area contributed by atoms with Gasteiger partial charge in [0.05, 0.1) is 5.60 Å². The monoisotopic (exact) mass is 199 g/mol. The van der Waals surface area contributed by atoms with Gasteiger partial charge in [-0.25, -0.2) is 0 Å². The van der Waals surface area contributed by atoms with Crippen LogP contribution in [-0.2, 0) is 6.42 Å². The van der Waals surface area contributed by atoms with E-state index in [1.54, 1.807) is 11.3 Å². The molecule has 1 aromatic rings. The van der Waals surface area contributed by atoms with E-state index in [2.05, 4.69) is 22.1 Å². The van der Waals surface area contributed by atoms with Crippen molar-refractivity contribution in [3.63, 3.8) is 0 Å². The van der Waals surface area contributed by atoms with Gasteiger partial charge in [-0.1, -0.05) is 0 Å². The molecule has 1 rings (SSSR count). The molecule has 0 spiro atoms. The van der Waals surface area contributed by atoms with Crippen LogP contribution in [0.5, 0.6) is 0 Å². The zero-order chi connectivity index (χ0) is 9.73. The van der Waals surface area contributed by atoms with Crippen molar-refractivity contribution in [2.75, 3.05) is 13.1 Å². The van der Waals surface area contributed by atoms with Crippen LogP contribution in [0.3, 0.4) is 0 Å². The zero-order valence-corrected chi connectivity index (χ0v) is 9.03. The van der Waals surface area contributed by atoms with Crippen LogP contribution in [0.25, 0.3) is 0 Å². The first kappa shape index (κ1) is 10.7. The Bertz CT molecular complexity index is 226. The molecule has 0 radical (unpaired) electrons. The molecule has 0 bridgehead atoms. The lowest BCUT2D eigenvalue weighted by molar-refractivity contribution is 0.0801. The van der Waals surface area contributed by atoms with Gasteiger partial charge in [0, 0.05) is 6.54 Å². The van der Waals surface area contributed by atoms with Crippen molar-refractivity contribution < 1.29 is 5.11 Å². The van der Waals surface area contributed by atoms with Crippen LogP contribution >= 0.6 is 11.3 Å². The van der Waals surface area contributed by atoms with Gasteiger partial charge in [0.2, 0.25) is 0 Å². The van der Waals surface area contributed by atoms with Gasteiger partial charge in [-0.15, -0.1) is 0 Å². The summed E-state index contributed by atoms with van der Waals surface area (Å²) in [6.45, 7) is 5.20. The van der Waals surface area contributed by atoms with E-state index in [1.165, 1.54) is 5.56 Å². The highest BCUT2D eigenvalue weighted by molar-refractivity contribution is 7.07. The van der Waals surface area contributed by atoms with E-state index in [0.29, 0.717) is 6.54 Å². The van der Waals surface area contributed by atoms with E-state index in [-0.39, 0.29) is 0 Å². The summed E-state index contributed by atoms with van der Waals surface area (Å²) in [6.07, 6.45) is 1.04. The molecule has 0 atom stereocenters. The Morgan fingerprint density at radius 2 is 2.31 bits per heavy atom. The minimum atomic E-state index is -0.603. The standard InChI is InChI=1S/C10H17NOS/c1-10(2,12)8-11-5-3-9-4-6-13-7-9/h4,6-7,11-12H,3,5,8H2,1-2H3. The van der Waals surface area contributed by atoms with Gasteiger partial charge >= 0.3 is 0 Å². The molecule has 0 aromatic carbocycles. The largest absolute Gasteiger partial charge is 0.389 e. The maximum atomic E-state index is 9.41. The van der Waals surface area contributed by atoms with Gasteiger partial charge < -0.3 is 10.4 Å². The molecule has 0 unspecified atom stereocenters. The third kappa shape index (κ3) is 5.03. The van der Waals surface area contributed by atoms with Gasteiger partial charge in [0.25, 0.3) is 0 Å². The van der Waals surface area contributed by atoms with E-state index >= 15 is 0 Å². The molecule has 0 saturated heterocycles. The number of hydrogen-bond acceptors (Lipinski definition) is 3. The number of hydrogen-bond donors (Lipinski definition) is 2. The molecule has 0 aliphatic rings. The quantitative estimate of drug-likeness (QED) is 0.707. The molecule has 0 fully saturated rings. The molecule has 2 nitrogen and oxygen atoms in total. The average molecular weight is 199 g/mol. The second-order valence-corrected chi connectivity index (χ2v) is 4.65. The number of rotatable bonds is 5. The molecule has 0 amide bonds. The minimum absolute atomic E-state index is 0.603. The molecule has 0 aliphatic heterocycles. The van der Waals surface area contributed by atoms with Crippen molar-refractivity contribution in [3.8, 4) is 0 Å². The normalized spacial score (nSPS) is 11.9. The van der Waals surface area contributed by atoms with Crippen LogP contribution in [-0.4, -0.2) is 23.8 Å². The van der Waals surface area contributed by atoms with Gasteiger partial charge in [-0.2, -0.15) is 11.3 Å². The van der Waals surface area contributed by atoms with E-state index in [4.69, 9.17) is 0 Å². The van der Waals surface area contributed by atoms with Crippen LogP contribution < -0.4 is 5.32 Å². The van der Waals surface area contributed by atoms with E-state index in [0.717, 1.165) is 13.0 Å². The first-order valence-corrected chi connectivity index (χ1v) is 5.46. The van der Waals surface area contributed by atoms with E-state index in [1.807, 2.05) is 13.8 Å². The maximum absolute atomic E-state index is 9.41. The Morgan fingerprint density at radius 1 is 1.54 bits per heavy atom. The van der Waals surface area contributed by atoms with Crippen molar-refractivity contribution >= 4 is 11.3 Å². The zero-order valence-electron chi connectivity index (χ0n) is 8.21. The number of thiophene rings is 1. The lowest BCUT2D eigenvalue weighted by atomic mass is 10.1. The first-order valence-electron chi connectivity index (χ1n) is 4.52. The Hall–Kier alpha value is -0.380. The predicted octanol–water partition coefficient (Wildman–Crippen LogP) is 1.65. The third-order valence-corrected chi connectivity index (χ3v) is 2.46. The molecule has 1 aromatic heterocycles. The third-order valence-electron chi connectivity index (χ3n) is 1.73. The van der Waals surface area contributed by atoms with Crippen molar-refractivity contribution in [2.45, 2.75) is 25.9 Å². The summed E-state index contributed by atoms with van der Waals surface area (Å²) in [5.74, 6) is 0. The summed E-state index contributed by atoms with van der Waals surface area (Å²) >= 11 is 1.73. The lowest BCUT2D eigenvalue weighted by Gasteiger charge is -2.17. The average Bonchev–Trinajstić information content (AvgIpc) is 2.48. The Labute approximate surface area is 83.6 Å². The van der Waals surface area contributed by atoms with Crippen LogP contribution in [0, 0.1) is 0 Å². The highest BCUT2D eigenvalue weighted by atomic mass is 32.1. The van der Waals surface area contributed by atoms with Crippen molar-refractivity contribution in [3.05, 3.63) is 22.4 Å². The molecular weight excluding hydrogens is 182 g/mol. The SMILES string of the molecule is CC(C)(O)CNCCc1ccsc1. The summed E-state index contributed by atoms with van der Waals surface area (Å²) in [5, 5.41) is 16.9. The number of aliphatic hydroxyl groups is 1. The Morgan fingerprint density at radius 3 is 2.85 bits per heavy atom. The van der Waals surface area contributed by atoms with E-state index < -0.39 is 5.60 Å². The Kier molecular flexibility index (Phi) is 3.90. The molecule has 3 heteroatoms. The summed E-state index contributed by atoms with van der Waals surface area (Å²) in [6, 6.07) is 2.14. The van der Waals surface area contributed by atoms with Crippen molar-refractivity contribution in [1.82, 2.24) is 5.32 Å². The fourth-order valence-electron chi connectivity index (χ4n) is 1.06. The second kappa shape index (κ2) is 4.74. The lowest BCUT2D eigenvalue weighted by Crippen LogP contribution is -2.35.